The molecule has 1 N–H and O–H groups in total. The molecule has 0 saturated carbocycles. The molecule has 0 aliphatic carbocycles. The predicted molar refractivity (Wildman–Crippen MR) is 123 cm³/mol. The van der Waals surface area contributed by atoms with E-state index in [9.17, 15) is 4.79 Å². The number of rotatable bonds is 6. The Kier molecular flexibility index (Phi) is 5.99. The zero-order valence-electron chi connectivity index (χ0n) is 18.5. The van der Waals surface area contributed by atoms with Crippen LogP contribution in [0.5, 0.6) is 11.5 Å². The highest BCUT2D eigenvalue weighted by atomic mass is 16.5. The molecule has 1 aliphatic heterocycles. The van der Waals surface area contributed by atoms with Gasteiger partial charge in [-0.15, -0.1) is 0 Å². The van der Waals surface area contributed by atoms with Gasteiger partial charge in [-0.2, -0.15) is 0 Å². The molecule has 0 unspecified atom stereocenters. The fourth-order valence-corrected chi connectivity index (χ4v) is 3.91. The van der Waals surface area contributed by atoms with Gasteiger partial charge >= 0.3 is 0 Å². The summed E-state index contributed by atoms with van der Waals surface area (Å²) in [6.07, 6.45) is 0. The minimum absolute atomic E-state index is 0.0412. The number of anilines is 1. The Morgan fingerprint density at radius 2 is 1.77 bits per heavy atom. The molecule has 0 radical (unpaired) electrons. The van der Waals surface area contributed by atoms with Crippen molar-refractivity contribution in [3.8, 4) is 11.5 Å². The van der Waals surface area contributed by atoms with Crippen LogP contribution in [-0.4, -0.2) is 62.0 Å². The van der Waals surface area contributed by atoms with Crippen molar-refractivity contribution < 1.29 is 9.47 Å². The van der Waals surface area contributed by atoms with E-state index in [1.807, 2.05) is 49.4 Å². The van der Waals surface area contributed by atoms with E-state index in [2.05, 4.69) is 22.3 Å². The topological polar surface area (TPSA) is 71.9 Å². The lowest BCUT2D eigenvalue weighted by Gasteiger charge is -2.36. The van der Waals surface area contributed by atoms with Crippen molar-refractivity contribution in [3.63, 3.8) is 0 Å². The smallest absolute Gasteiger partial charge is 0.280 e. The van der Waals surface area contributed by atoms with Crippen LogP contribution in [0.1, 0.15) is 18.8 Å². The maximum Gasteiger partial charge on any atom is 0.280 e. The molecule has 1 atom stereocenters. The number of nitrogens with one attached hydrogen (secondary N) is 1. The number of aromatic nitrogens is 2. The molecule has 1 saturated heterocycles. The van der Waals surface area contributed by atoms with Gasteiger partial charge in [-0.25, -0.2) is 9.66 Å². The minimum atomic E-state index is -0.237. The Morgan fingerprint density at radius 1 is 1.03 bits per heavy atom. The fourth-order valence-electron chi connectivity index (χ4n) is 3.91. The van der Waals surface area contributed by atoms with Crippen LogP contribution in [0.4, 0.5) is 5.69 Å². The van der Waals surface area contributed by atoms with Gasteiger partial charge < -0.3 is 24.7 Å². The van der Waals surface area contributed by atoms with Crippen molar-refractivity contribution in [2.75, 3.05) is 57.8 Å². The van der Waals surface area contributed by atoms with Gasteiger partial charge in [-0.05, 0) is 38.2 Å². The van der Waals surface area contributed by atoms with Crippen LogP contribution < -0.4 is 25.4 Å². The first kappa shape index (κ1) is 21.0. The summed E-state index contributed by atoms with van der Waals surface area (Å²) in [4.78, 5) is 20.7. The van der Waals surface area contributed by atoms with Crippen LogP contribution in [0.3, 0.4) is 0 Å². The van der Waals surface area contributed by atoms with Crippen molar-refractivity contribution in [1.82, 2.24) is 14.6 Å². The molecule has 3 aromatic rings. The molecule has 8 nitrogen and oxygen atoms in total. The number of nitrogens with zero attached hydrogens (tertiary/aromatic N) is 4. The molecule has 2 aromatic carbocycles. The molecule has 1 fully saturated rings. The Hall–Kier alpha value is -3.26. The number of para-hydroxylation sites is 1. The van der Waals surface area contributed by atoms with Gasteiger partial charge in [-0.3, -0.25) is 4.79 Å². The summed E-state index contributed by atoms with van der Waals surface area (Å²) in [7, 11) is 5.34. The van der Waals surface area contributed by atoms with E-state index in [4.69, 9.17) is 14.5 Å². The normalized spacial score (nSPS) is 15.7. The summed E-state index contributed by atoms with van der Waals surface area (Å²) in [5.41, 5.74) is 1.46. The van der Waals surface area contributed by atoms with E-state index >= 15 is 0 Å². The Bertz CT molecular complexity index is 1120. The Labute approximate surface area is 182 Å². The molecule has 0 amide bonds. The highest BCUT2D eigenvalue weighted by molar-refractivity contribution is 5.77. The number of fused-ring (bicyclic) bond motifs is 1. The maximum atomic E-state index is 13.5. The second-order valence-corrected chi connectivity index (χ2v) is 7.79. The third-order valence-corrected chi connectivity index (χ3v) is 5.71. The van der Waals surface area contributed by atoms with Crippen molar-refractivity contribution in [1.29, 1.82) is 0 Å². The van der Waals surface area contributed by atoms with Crippen LogP contribution in [0, 0.1) is 0 Å². The van der Waals surface area contributed by atoms with Crippen molar-refractivity contribution in [2.45, 2.75) is 13.0 Å². The standard InChI is InChI=1S/C23H29N5O3/c1-16(24-20-10-9-17(30-3)15-21(20)31-4)22-25-19-8-6-5-7-18(19)23(29)28(22)27-13-11-26(2)12-14-27/h5-10,15-16,24H,11-14H2,1-4H3/t16-/m0/s1. The van der Waals surface area contributed by atoms with E-state index < -0.39 is 0 Å². The molecule has 0 spiro atoms. The van der Waals surface area contributed by atoms with Crippen molar-refractivity contribution in [2.24, 2.45) is 0 Å². The lowest BCUT2D eigenvalue weighted by atomic mass is 10.2. The minimum Gasteiger partial charge on any atom is -0.497 e. The average Bonchev–Trinajstić information content (AvgIpc) is 2.80. The number of piperazine rings is 1. The SMILES string of the molecule is COc1ccc(N[C@@H](C)c2nc3ccccc3c(=O)n2N2CCN(C)CC2)c(OC)c1. The van der Waals surface area contributed by atoms with Crippen LogP contribution >= 0.6 is 0 Å². The highest BCUT2D eigenvalue weighted by Gasteiger charge is 2.24. The first-order chi connectivity index (χ1) is 15.0. The number of hydrogen-bond donors (Lipinski definition) is 1. The monoisotopic (exact) mass is 423 g/mol. The highest BCUT2D eigenvalue weighted by Crippen LogP contribution is 2.31. The summed E-state index contributed by atoms with van der Waals surface area (Å²) in [5.74, 6) is 2.06. The first-order valence-electron chi connectivity index (χ1n) is 10.5. The number of methoxy groups -OCH3 is 2. The summed E-state index contributed by atoms with van der Waals surface area (Å²) < 4.78 is 12.6. The van der Waals surface area contributed by atoms with E-state index in [-0.39, 0.29) is 11.6 Å². The van der Waals surface area contributed by atoms with Crippen LogP contribution in [0.2, 0.25) is 0 Å². The fraction of sp³-hybridized carbons (Fsp3) is 0.391. The van der Waals surface area contributed by atoms with Gasteiger partial charge in [0, 0.05) is 32.2 Å². The molecule has 31 heavy (non-hydrogen) atoms. The van der Waals surface area contributed by atoms with Gasteiger partial charge in [0.25, 0.3) is 5.56 Å². The van der Waals surface area contributed by atoms with Gasteiger partial charge in [0.15, 0.2) is 5.82 Å². The third-order valence-electron chi connectivity index (χ3n) is 5.71. The lowest BCUT2D eigenvalue weighted by Crippen LogP contribution is -2.54. The van der Waals surface area contributed by atoms with E-state index in [0.717, 1.165) is 31.9 Å². The maximum absolute atomic E-state index is 13.5. The lowest BCUT2D eigenvalue weighted by molar-refractivity contribution is 0.282. The van der Waals surface area contributed by atoms with Gasteiger partial charge in [-0.1, -0.05) is 12.1 Å². The summed E-state index contributed by atoms with van der Waals surface area (Å²) >= 11 is 0. The van der Waals surface area contributed by atoms with Gasteiger partial charge in [0.05, 0.1) is 36.9 Å². The van der Waals surface area contributed by atoms with Gasteiger partial charge in [0.2, 0.25) is 0 Å². The van der Waals surface area contributed by atoms with E-state index in [1.165, 1.54) is 0 Å². The Morgan fingerprint density at radius 3 is 2.48 bits per heavy atom. The van der Waals surface area contributed by atoms with Crippen LogP contribution in [-0.2, 0) is 0 Å². The second kappa shape index (κ2) is 8.85. The zero-order chi connectivity index (χ0) is 22.0. The third kappa shape index (κ3) is 4.16. The van der Waals surface area contributed by atoms with Gasteiger partial charge in [0.1, 0.15) is 11.5 Å². The molecule has 164 valence electrons. The first-order valence-corrected chi connectivity index (χ1v) is 10.5. The molecule has 1 aliphatic rings. The second-order valence-electron chi connectivity index (χ2n) is 7.79. The molecule has 2 heterocycles. The average molecular weight is 424 g/mol. The predicted octanol–water partition coefficient (Wildman–Crippen LogP) is 2.47. The van der Waals surface area contributed by atoms with Crippen molar-refractivity contribution in [3.05, 3.63) is 58.6 Å². The van der Waals surface area contributed by atoms with E-state index in [1.54, 1.807) is 18.9 Å². The number of benzene rings is 2. The molecule has 4 rings (SSSR count). The number of hydrogen-bond acceptors (Lipinski definition) is 7. The number of likely N-dealkylation sites (N-methyl/N-ethyl adjacent to an activating group) is 1. The summed E-state index contributed by atoms with van der Waals surface area (Å²) in [6, 6.07) is 12.9. The largest absolute Gasteiger partial charge is 0.497 e. The molecule has 1 aromatic heterocycles. The Balaban J connectivity index is 1.77. The number of ether oxygens (including phenoxy) is 2. The van der Waals surface area contributed by atoms with Crippen molar-refractivity contribution >= 4 is 16.6 Å². The molecular formula is C23H29N5O3. The molecule has 0 bridgehead atoms. The molecule has 8 heteroatoms. The van der Waals surface area contributed by atoms with Crippen LogP contribution in [0.15, 0.2) is 47.3 Å². The quantitative estimate of drug-likeness (QED) is 0.653. The van der Waals surface area contributed by atoms with E-state index in [0.29, 0.717) is 28.2 Å². The zero-order valence-corrected chi connectivity index (χ0v) is 18.5. The summed E-state index contributed by atoms with van der Waals surface area (Å²) in [6.45, 7) is 5.33. The van der Waals surface area contributed by atoms with Crippen LogP contribution in [0.25, 0.3) is 10.9 Å². The summed E-state index contributed by atoms with van der Waals surface area (Å²) in [5, 5.41) is 6.19. The molecular weight excluding hydrogens is 394 g/mol.